The molecular weight excluding hydrogens is 1660 g/mol. The Morgan fingerprint density at radius 1 is 0.432 bits per heavy atom. The monoisotopic (exact) mass is 1810 g/mol. The minimum atomic E-state index is -3.37. The first-order valence-electron chi connectivity index (χ1n) is 44.2. The number of hydrogen-bond acceptors (Lipinski definition) is 37. The second-order valence-electron chi connectivity index (χ2n) is 33.6. The van der Waals surface area contributed by atoms with Crippen LogP contribution in [-0.4, -0.2) is 396 Å². The molecule has 34 atom stereocenters. The van der Waals surface area contributed by atoms with E-state index < -0.39 is 302 Å². The lowest BCUT2D eigenvalue weighted by atomic mass is 9.88. The van der Waals surface area contributed by atoms with Crippen LogP contribution in [0.1, 0.15) is 214 Å². The molecule has 0 radical (unpaired) electrons. The molecule has 0 aromatic carbocycles. The summed E-state index contributed by atoms with van der Waals surface area (Å²) in [4.78, 5) is 78.9. The van der Waals surface area contributed by atoms with Crippen LogP contribution in [0.3, 0.4) is 0 Å². The molecule has 12 unspecified atom stereocenters. The van der Waals surface area contributed by atoms with E-state index in [9.17, 15) is 136 Å². The summed E-state index contributed by atoms with van der Waals surface area (Å²) in [6, 6.07) is -6.88. The van der Waals surface area contributed by atoms with E-state index in [0.29, 0.717) is 12.8 Å². The fraction of sp³-hybridized carbons (Fsp3) is 0.902. The quantitative estimate of drug-likeness (QED) is 0.0201. The van der Waals surface area contributed by atoms with E-state index in [2.05, 4.69) is 35.1 Å². The zero-order valence-corrected chi connectivity index (χ0v) is 72.1. The maximum Gasteiger partial charge on any atom is 0.364 e. The van der Waals surface area contributed by atoms with Crippen LogP contribution in [0.5, 0.6) is 0 Å². The predicted molar refractivity (Wildman–Crippen MR) is 431 cm³/mol. The van der Waals surface area contributed by atoms with Crippen LogP contribution in [0.4, 0.5) is 0 Å². The average molecular weight is 1810 g/mol. The van der Waals surface area contributed by atoms with E-state index in [1.807, 2.05) is 0 Å². The van der Waals surface area contributed by atoms with Crippen molar-refractivity contribution in [3.63, 3.8) is 0 Å². The summed E-state index contributed by atoms with van der Waals surface area (Å²) in [6.07, 6.45) is -33.6. The zero-order chi connectivity index (χ0) is 92.4. The van der Waals surface area contributed by atoms with Gasteiger partial charge in [0.25, 0.3) is 11.6 Å². The molecule has 43 heteroatoms. The molecule has 0 saturated carbocycles. The van der Waals surface area contributed by atoms with Crippen LogP contribution >= 0.6 is 0 Å². The summed E-state index contributed by atoms with van der Waals surface area (Å²) in [7, 11) is 0. The predicted octanol–water partition coefficient (Wildman–Crippen LogP) is -4.65. The highest BCUT2D eigenvalue weighted by atomic mass is 16.8. The number of carboxylic acid groups (broad SMARTS) is 2. The molecule has 125 heavy (non-hydrogen) atoms. The molecule has 6 aliphatic heterocycles. The van der Waals surface area contributed by atoms with Gasteiger partial charge in [-0.15, -0.1) is 0 Å². The van der Waals surface area contributed by atoms with E-state index in [0.717, 1.165) is 85.0 Å². The molecule has 6 aliphatic rings. The molecule has 6 fully saturated rings. The number of rotatable bonds is 57. The highest BCUT2D eigenvalue weighted by Crippen LogP contribution is 2.42. The van der Waals surface area contributed by atoms with Gasteiger partial charge in [-0.3, -0.25) is 19.2 Å². The summed E-state index contributed by atoms with van der Waals surface area (Å²) in [6.45, 7) is -0.690. The van der Waals surface area contributed by atoms with Crippen LogP contribution in [0, 0.1) is 0 Å². The third-order valence-electron chi connectivity index (χ3n) is 23.6. The fourth-order valence-electron chi connectivity index (χ4n) is 16.4. The topological polar surface area (TPSA) is 686 Å². The molecule has 0 aromatic heterocycles. The molecule has 0 aliphatic carbocycles. The molecule has 4 amide bonds. The molecule has 726 valence electrons. The molecule has 25 N–H and O–H groups in total. The average Bonchev–Trinajstić information content (AvgIpc) is 0.754. The van der Waals surface area contributed by atoms with Gasteiger partial charge in [0.05, 0.1) is 82.7 Å². The zero-order valence-electron chi connectivity index (χ0n) is 72.1. The molecule has 0 bridgehead atoms. The number of carbonyl (C=O) groups excluding carboxylic acids is 4. The molecule has 6 saturated heterocycles. The van der Waals surface area contributed by atoms with Gasteiger partial charge in [0.2, 0.25) is 23.6 Å². The highest BCUT2D eigenvalue weighted by molar-refractivity contribution is 5.78. The maximum absolute atomic E-state index is 13.6. The molecule has 43 nitrogen and oxygen atoms in total. The van der Waals surface area contributed by atoms with Crippen LogP contribution in [-0.2, 0) is 85.6 Å². The number of aliphatic carboxylic acids is 2. The van der Waals surface area contributed by atoms with Crippen molar-refractivity contribution in [2.45, 2.75) is 422 Å². The molecule has 6 rings (SSSR count). The van der Waals surface area contributed by atoms with Crippen molar-refractivity contribution >= 4 is 35.6 Å². The Bertz CT molecular complexity index is 3160. The third-order valence-corrected chi connectivity index (χ3v) is 23.6. The van der Waals surface area contributed by atoms with E-state index in [-0.39, 0.29) is 6.42 Å². The van der Waals surface area contributed by atoms with Gasteiger partial charge in [-0.2, -0.15) is 0 Å². The van der Waals surface area contributed by atoms with Crippen molar-refractivity contribution in [1.82, 2.24) is 21.3 Å². The second kappa shape index (κ2) is 55.0. The number of carbonyl (C=O) groups is 6. The smallest absolute Gasteiger partial charge is 0.364 e. The van der Waals surface area contributed by atoms with Gasteiger partial charge >= 0.3 is 11.9 Å². The van der Waals surface area contributed by atoms with Gasteiger partial charge in [0.1, 0.15) is 134 Å². The van der Waals surface area contributed by atoms with Crippen molar-refractivity contribution in [3.05, 3.63) is 12.2 Å². The van der Waals surface area contributed by atoms with Gasteiger partial charge in [0, 0.05) is 40.0 Å². The SMILES string of the molecule is CCCCCCCCCCCCC/C=C/[C@@H](O)[C@H](CO[C@@H]1OC(CO)[C@@H](O[C@@H]2OC(CO)[C@H](O)[C@H](O[C@@H]3OC(CO[C@]4(C(=O)O)CC(O)[C@@H](NC(C)=O)C([C@H](O)[C@H](O)CO)O4)[C@@H](O)[C@H](O[C@@H]4OC(CO)[C@H](O)[C@H](O[C@]5(C(=O)O)CC(O)[C@@H](NC(C)=O)C([C@H](O)[C@H](O)CO)O5)C4O)C3NC(C)=O)C2O)[C@H](O)C1O)NC(=O)CCCCCCCCCCCCCCC. The van der Waals surface area contributed by atoms with Gasteiger partial charge in [-0.1, -0.05) is 167 Å². The first-order valence-corrected chi connectivity index (χ1v) is 44.2. The van der Waals surface area contributed by atoms with Gasteiger partial charge in [-0.25, -0.2) is 9.59 Å². The number of unbranched alkanes of at least 4 members (excludes halogenated alkanes) is 23. The fourth-order valence-corrected chi connectivity index (χ4v) is 16.4. The van der Waals surface area contributed by atoms with Crippen LogP contribution < -0.4 is 21.3 Å². The number of aliphatic hydroxyl groups excluding tert-OH is 19. The minimum Gasteiger partial charge on any atom is -0.477 e. The number of hydrogen-bond donors (Lipinski definition) is 25. The summed E-state index contributed by atoms with van der Waals surface area (Å²) < 4.78 is 71.6. The molecule has 0 spiro atoms. The Morgan fingerprint density at radius 3 is 1.28 bits per heavy atom. The Labute approximate surface area is 727 Å². The van der Waals surface area contributed by atoms with Crippen LogP contribution in [0.25, 0.3) is 0 Å². The number of nitrogens with one attached hydrogen (secondary N) is 4. The summed E-state index contributed by atoms with van der Waals surface area (Å²) in [5.74, 6) is -14.2. The van der Waals surface area contributed by atoms with E-state index >= 15 is 0 Å². The number of allylic oxidation sites excluding steroid dienone is 1. The first-order chi connectivity index (χ1) is 59.5. The van der Waals surface area contributed by atoms with Crippen molar-refractivity contribution in [2.24, 2.45) is 0 Å². The van der Waals surface area contributed by atoms with Crippen molar-refractivity contribution in [3.8, 4) is 0 Å². The van der Waals surface area contributed by atoms with Gasteiger partial charge in [-0.05, 0) is 19.3 Å². The van der Waals surface area contributed by atoms with Crippen LogP contribution in [0.2, 0.25) is 0 Å². The number of aliphatic hydroxyl groups is 19. The number of amides is 4. The van der Waals surface area contributed by atoms with Crippen molar-refractivity contribution in [1.29, 1.82) is 0 Å². The lowest BCUT2D eigenvalue weighted by Crippen LogP contribution is -2.72. The summed E-state index contributed by atoms with van der Waals surface area (Å²) in [5, 5.41) is 246. The Kier molecular flexibility index (Phi) is 48.0. The van der Waals surface area contributed by atoms with Crippen molar-refractivity contribution < 1.29 is 193 Å². The van der Waals surface area contributed by atoms with Gasteiger partial charge < -0.3 is 185 Å². The summed E-state index contributed by atoms with van der Waals surface area (Å²) in [5.41, 5.74) is 0. The standard InChI is InChI=1S/C82H144N4O39/c1-6-8-10-12-14-16-18-20-22-24-26-28-30-32-47(95)46(86-56(100)33-31-29-27-25-23-21-19-17-15-13-11-9-7-2)41-114-76-66(107)65(106)69(54(40-91)118-76)120-77-67(108)73(62(103)52(38-89)116-77)122-75-59(85-45(5)94)70(64(105)55(119-75)42-115-81(79(110)111)34-48(96)57(83-43(3)92)71(123-81)60(101)50(98)36-87)121-78-68(109)74(63(104)53(39-90)117-78)125-82(80(112)113)35-49(97)58(84-44(4)93)72(124-82)61(102)51(99)37-88/h30,32,46-55,57-78,87-91,95-99,101-109H,6-29,31,33-42H2,1-5H3,(H,83,92)(H,84,93)(H,85,94)(H,86,100)(H,110,111)(H,112,113)/b32-30+/t46-,47+,48?,49?,50+,51+,52?,53?,54?,55?,57+,58+,59?,60+,61+,62-,63-,64+,65+,66?,67?,68?,69+,70+,71?,72?,73-,74-,75-,76+,77-,78-,81+,82-/m0/s1. The van der Waals surface area contributed by atoms with Gasteiger partial charge in [0.15, 0.2) is 25.2 Å². The molecule has 6 heterocycles. The maximum atomic E-state index is 13.6. The third kappa shape index (κ3) is 31.8. The largest absolute Gasteiger partial charge is 0.477 e. The normalized spacial score (nSPS) is 35.5. The van der Waals surface area contributed by atoms with E-state index in [1.165, 1.54) is 89.5 Å². The lowest BCUT2D eigenvalue weighted by molar-refractivity contribution is -0.391. The minimum absolute atomic E-state index is 0.115. The number of carboxylic acids is 2. The molecular formula is C82H144N4O39. The Balaban J connectivity index is 1.29. The Morgan fingerprint density at radius 2 is 0.824 bits per heavy atom. The van der Waals surface area contributed by atoms with Crippen LogP contribution in [0.15, 0.2) is 12.2 Å². The second-order valence-corrected chi connectivity index (χ2v) is 33.6. The van der Waals surface area contributed by atoms with Crippen molar-refractivity contribution in [2.75, 3.05) is 46.2 Å². The highest BCUT2D eigenvalue weighted by Gasteiger charge is 2.63. The number of ether oxygens (including phenoxy) is 12. The van der Waals surface area contributed by atoms with E-state index in [4.69, 9.17) is 56.8 Å². The summed E-state index contributed by atoms with van der Waals surface area (Å²) >= 11 is 0. The Hall–Kier alpha value is -4.68. The van der Waals surface area contributed by atoms with E-state index in [1.54, 1.807) is 6.08 Å². The molecule has 0 aromatic rings. The lowest BCUT2D eigenvalue weighted by Gasteiger charge is -2.52. The first kappa shape index (κ1) is 109.